The monoisotopic (exact) mass is 384 g/mol. The van der Waals surface area contributed by atoms with Crippen molar-refractivity contribution < 1.29 is 14.3 Å². The molecule has 1 aliphatic heterocycles. The van der Waals surface area contributed by atoms with E-state index in [0.29, 0.717) is 13.2 Å². The Morgan fingerprint density at radius 3 is 2.50 bits per heavy atom. The van der Waals surface area contributed by atoms with Crippen molar-refractivity contribution >= 4 is 18.3 Å². The van der Waals surface area contributed by atoms with Gasteiger partial charge in [0, 0.05) is 19.7 Å². The van der Waals surface area contributed by atoms with Crippen LogP contribution in [0.1, 0.15) is 45.6 Å². The number of benzene rings is 1. The van der Waals surface area contributed by atoms with Crippen LogP contribution in [0.15, 0.2) is 24.3 Å². The maximum atomic E-state index is 12.4. The van der Waals surface area contributed by atoms with E-state index in [1.165, 1.54) is 0 Å². The van der Waals surface area contributed by atoms with Crippen molar-refractivity contribution in [3.05, 3.63) is 29.8 Å². The predicted octanol–water partition coefficient (Wildman–Crippen LogP) is 3.14. The predicted molar refractivity (Wildman–Crippen MR) is 107 cm³/mol. The summed E-state index contributed by atoms with van der Waals surface area (Å²) in [4.78, 5) is 14.3. The number of carbonyl (C=O) groups excluding carboxylic acids is 1. The Balaban J connectivity index is 0.00000338. The van der Waals surface area contributed by atoms with Crippen LogP contribution >= 0.6 is 12.4 Å². The molecule has 0 unspecified atom stereocenters. The molecular weight excluding hydrogens is 352 g/mol. The van der Waals surface area contributed by atoms with Gasteiger partial charge in [-0.25, -0.2) is 0 Å². The molecule has 0 atom stereocenters. The summed E-state index contributed by atoms with van der Waals surface area (Å²) in [7, 11) is 0. The Morgan fingerprint density at radius 2 is 1.88 bits per heavy atom. The first-order valence-corrected chi connectivity index (χ1v) is 9.23. The second kappa shape index (κ2) is 10.8. The van der Waals surface area contributed by atoms with Crippen LogP contribution in [0.25, 0.3) is 0 Å². The molecule has 0 saturated carbocycles. The zero-order valence-corrected chi connectivity index (χ0v) is 17.0. The molecule has 1 aliphatic rings. The van der Waals surface area contributed by atoms with Gasteiger partial charge in [0.1, 0.15) is 5.75 Å². The van der Waals surface area contributed by atoms with Crippen LogP contribution in [0, 0.1) is 0 Å². The number of amides is 1. The summed E-state index contributed by atoms with van der Waals surface area (Å²) in [5.74, 6) is 0.840. The quantitative estimate of drug-likeness (QED) is 0.733. The van der Waals surface area contributed by atoms with Crippen molar-refractivity contribution in [1.29, 1.82) is 0 Å². The van der Waals surface area contributed by atoms with Gasteiger partial charge in [0.05, 0.1) is 6.10 Å². The molecule has 2 N–H and O–H groups in total. The first-order chi connectivity index (χ1) is 11.9. The van der Waals surface area contributed by atoms with Crippen molar-refractivity contribution in [3.63, 3.8) is 0 Å². The van der Waals surface area contributed by atoms with Crippen molar-refractivity contribution in [2.24, 2.45) is 5.73 Å². The van der Waals surface area contributed by atoms with Crippen LogP contribution in [0.3, 0.4) is 0 Å². The van der Waals surface area contributed by atoms with Gasteiger partial charge in [-0.1, -0.05) is 39.0 Å². The van der Waals surface area contributed by atoms with Crippen molar-refractivity contribution in [3.8, 4) is 5.75 Å². The highest BCUT2D eigenvalue weighted by Crippen LogP contribution is 2.31. The van der Waals surface area contributed by atoms with E-state index in [2.05, 4.69) is 26.8 Å². The number of ether oxygens (including phenoxy) is 2. The van der Waals surface area contributed by atoms with Gasteiger partial charge < -0.3 is 20.1 Å². The fraction of sp³-hybridized carbons (Fsp3) is 0.650. The second-order valence-electron chi connectivity index (χ2n) is 7.63. The first kappa shape index (κ1) is 22.7. The number of nitrogens with zero attached hydrogens (tertiary/aromatic N) is 1. The Bertz CT molecular complexity index is 552. The van der Waals surface area contributed by atoms with Gasteiger partial charge in [-0.15, -0.1) is 12.4 Å². The summed E-state index contributed by atoms with van der Waals surface area (Å²) in [6.07, 6.45) is 2.90. The number of likely N-dealkylation sites (tertiary alicyclic amines) is 1. The fourth-order valence-corrected chi connectivity index (χ4v) is 3.05. The van der Waals surface area contributed by atoms with Crippen LogP contribution < -0.4 is 10.5 Å². The van der Waals surface area contributed by atoms with E-state index in [0.717, 1.165) is 43.7 Å². The van der Waals surface area contributed by atoms with Gasteiger partial charge in [-0.2, -0.15) is 0 Å². The van der Waals surface area contributed by atoms with E-state index in [9.17, 15) is 4.79 Å². The van der Waals surface area contributed by atoms with Crippen LogP contribution in [-0.2, 0) is 14.9 Å². The summed E-state index contributed by atoms with van der Waals surface area (Å²) in [6, 6.07) is 7.94. The number of carbonyl (C=O) groups is 1. The van der Waals surface area contributed by atoms with Gasteiger partial charge in [0.2, 0.25) is 0 Å². The Kier molecular flexibility index (Phi) is 9.41. The average molecular weight is 385 g/mol. The molecule has 26 heavy (non-hydrogen) atoms. The number of hydrogen-bond acceptors (Lipinski definition) is 4. The second-order valence-corrected chi connectivity index (χ2v) is 7.63. The van der Waals surface area contributed by atoms with E-state index in [1.807, 2.05) is 23.1 Å². The molecule has 1 fully saturated rings. The molecule has 0 radical (unpaired) electrons. The average Bonchev–Trinajstić information content (AvgIpc) is 2.60. The van der Waals surface area contributed by atoms with E-state index in [-0.39, 0.29) is 36.4 Å². The number of para-hydroxylation sites is 1. The third kappa shape index (κ3) is 6.78. The molecule has 1 heterocycles. The third-order valence-corrected chi connectivity index (χ3v) is 4.54. The summed E-state index contributed by atoms with van der Waals surface area (Å²) in [5, 5.41) is 0. The number of rotatable bonds is 7. The first-order valence-electron chi connectivity index (χ1n) is 9.23. The molecule has 0 bridgehead atoms. The summed E-state index contributed by atoms with van der Waals surface area (Å²) < 4.78 is 11.6. The topological polar surface area (TPSA) is 64.8 Å². The molecule has 1 amide bonds. The molecule has 1 aromatic carbocycles. The smallest absolute Gasteiger partial charge is 0.260 e. The highest BCUT2D eigenvalue weighted by atomic mass is 35.5. The minimum Gasteiger partial charge on any atom is -0.483 e. The fourth-order valence-electron chi connectivity index (χ4n) is 3.05. The SMILES string of the molecule is CC(C)(C)c1ccccc1OCC(=O)N1CCC(OCCCN)CC1.Cl. The summed E-state index contributed by atoms with van der Waals surface area (Å²) in [5.41, 5.74) is 6.58. The molecule has 5 nitrogen and oxygen atoms in total. The number of halogens is 1. The number of hydrogen-bond donors (Lipinski definition) is 1. The van der Waals surface area contributed by atoms with Crippen molar-refractivity contribution in [2.45, 2.75) is 51.6 Å². The van der Waals surface area contributed by atoms with Gasteiger partial charge in [0.25, 0.3) is 5.91 Å². The number of nitrogens with two attached hydrogens (primary N) is 1. The zero-order chi connectivity index (χ0) is 18.3. The van der Waals surface area contributed by atoms with E-state index in [4.69, 9.17) is 15.2 Å². The highest BCUT2D eigenvalue weighted by Gasteiger charge is 2.24. The molecular formula is C20H33ClN2O3. The lowest BCUT2D eigenvalue weighted by Crippen LogP contribution is -2.43. The van der Waals surface area contributed by atoms with Gasteiger partial charge in [-0.3, -0.25) is 4.79 Å². The molecule has 2 rings (SSSR count). The lowest BCUT2D eigenvalue weighted by Gasteiger charge is -2.32. The largest absolute Gasteiger partial charge is 0.483 e. The molecule has 0 aliphatic carbocycles. The van der Waals surface area contributed by atoms with Gasteiger partial charge >= 0.3 is 0 Å². The van der Waals surface area contributed by atoms with Gasteiger partial charge in [-0.05, 0) is 42.9 Å². The van der Waals surface area contributed by atoms with Crippen LogP contribution in [-0.4, -0.2) is 49.8 Å². The lowest BCUT2D eigenvalue weighted by atomic mass is 9.86. The minimum atomic E-state index is -0.0150. The summed E-state index contributed by atoms with van der Waals surface area (Å²) in [6.45, 7) is 9.36. The molecule has 148 valence electrons. The van der Waals surface area contributed by atoms with Gasteiger partial charge in [0.15, 0.2) is 6.61 Å². The van der Waals surface area contributed by atoms with E-state index < -0.39 is 0 Å². The Labute approximate surface area is 163 Å². The molecule has 1 saturated heterocycles. The van der Waals surface area contributed by atoms with Crippen LogP contribution in [0.4, 0.5) is 0 Å². The lowest BCUT2D eigenvalue weighted by molar-refractivity contribution is -0.136. The molecule has 0 aromatic heterocycles. The Morgan fingerprint density at radius 1 is 1.23 bits per heavy atom. The van der Waals surface area contributed by atoms with Crippen LogP contribution in [0.2, 0.25) is 0 Å². The highest BCUT2D eigenvalue weighted by molar-refractivity contribution is 5.85. The van der Waals surface area contributed by atoms with E-state index >= 15 is 0 Å². The van der Waals surface area contributed by atoms with Crippen molar-refractivity contribution in [1.82, 2.24) is 4.90 Å². The zero-order valence-electron chi connectivity index (χ0n) is 16.2. The maximum absolute atomic E-state index is 12.4. The van der Waals surface area contributed by atoms with E-state index in [1.54, 1.807) is 0 Å². The molecule has 0 spiro atoms. The normalized spacial score (nSPS) is 15.5. The third-order valence-electron chi connectivity index (χ3n) is 4.54. The minimum absolute atomic E-state index is 0. The standard InChI is InChI=1S/C20H32N2O3.ClH/c1-20(2,3)17-7-4-5-8-18(17)25-15-19(23)22-12-9-16(10-13-22)24-14-6-11-21;/h4-5,7-8,16H,6,9-15,21H2,1-3H3;1H. The number of piperidine rings is 1. The maximum Gasteiger partial charge on any atom is 0.260 e. The summed E-state index contributed by atoms with van der Waals surface area (Å²) >= 11 is 0. The molecule has 1 aromatic rings. The molecule has 6 heteroatoms. The Hall–Kier alpha value is -1.30. The van der Waals surface area contributed by atoms with Crippen LogP contribution in [0.5, 0.6) is 5.75 Å². The van der Waals surface area contributed by atoms with Crippen molar-refractivity contribution in [2.75, 3.05) is 32.8 Å².